The van der Waals surface area contributed by atoms with Crippen molar-refractivity contribution in [2.75, 3.05) is 13.1 Å². The highest BCUT2D eigenvalue weighted by Crippen LogP contribution is 2.43. The van der Waals surface area contributed by atoms with Gasteiger partial charge in [0.05, 0.1) is 5.41 Å². The minimum absolute atomic E-state index is 0.117. The van der Waals surface area contributed by atoms with Crippen molar-refractivity contribution < 1.29 is 4.79 Å². The Balaban J connectivity index is 1.97. The van der Waals surface area contributed by atoms with E-state index in [2.05, 4.69) is 55.3 Å². The van der Waals surface area contributed by atoms with Gasteiger partial charge in [0.1, 0.15) is 0 Å². The molecule has 1 aromatic rings. The Morgan fingerprint density at radius 3 is 2.45 bits per heavy atom. The van der Waals surface area contributed by atoms with Crippen molar-refractivity contribution in [3.05, 3.63) is 35.9 Å². The highest BCUT2D eigenvalue weighted by atomic mass is 16.2. The zero-order valence-corrected chi connectivity index (χ0v) is 14.1. The molecule has 3 rings (SSSR count). The lowest BCUT2D eigenvalue weighted by molar-refractivity contribution is -0.145. The summed E-state index contributed by atoms with van der Waals surface area (Å²) in [6.45, 7) is 8.19. The summed E-state index contributed by atoms with van der Waals surface area (Å²) in [6, 6.07) is 10.8. The Hall–Kier alpha value is -1.35. The van der Waals surface area contributed by atoms with Crippen LogP contribution in [-0.2, 0) is 10.2 Å². The second kappa shape index (κ2) is 5.69. The number of carbonyl (C=O) groups excluding carboxylic acids is 1. The quantitative estimate of drug-likeness (QED) is 0.910. The summed E-state index contributed by atoms with van der Waals surface area (Å²) in [7, 11) is 0. The fourth-order valence-corrected chi connectivity index (χ4v) is 4.08. The number of hydrogen-bond donors (Lipinski definition) is 1. The molecule has 1 aliphatic carbocycles. The van der Waals surface area contributed by atoms with Crippen LogP contribution in [0.2, 0.25) is 0 Å². The summed E-state index contributed by atoms with van der Waals surface area (Å²) in [5.74, 6) is 0.342. The Morgan fingerprint density at radius 1 is 1.18 bits per heavy atom. The second-order valence-corrected chi connectivity index (χ2v) is 7.67. The molecule has 1 saturated heterocycles. The normalized spacial score (nSPS) is 26.9. The van der Waals surface area contributed by atoms with Gasteiger partial charge in [0.25, 0.3) is 0 Å². The van der Waals surface area contributed by atoms with Gasteiger partial charge in [-0.05, 0) is 39.2 Å². The number of carbonyl (C=O) groups is 1. The van der Waals surface area contributed by atoms with E-state index in [4.69, 9.17) is 0 Å². The molecule has 1 N–H and O–H groups in total. The average Bonchev–Trinajstić information content (AvgIpc) is 3.01. The highest BCUT2D eigenvalue weighted by molar-refractivity contribution is 5.89. The highest BCUT2D eigenvalue weighted by Gasteiger charge is 2.48. The average molecular weight is 300 g/mol. The number of rotatable bonds is 2. The lowest BCUT2D eigenvalue weighted by Gasteiger charge is -2.48. The first kappa shape index (κ1) is 15.5. The first-order chi connectivity index (χ1) is 10.5. The van der Waals surface area contributed by atoms with Gasteiger partial charge in [0.2, 0.25) is 5.91 Å². The van der Waals surface area contributed by atoms with E-state index in [1.807, 2.05) is 6.07 Å². The molecule has 120 valence electrons. The maximum Gasteiger partial charge on any atom is 0.233 e. The Bertz CT molecular complexity index is 532. The molecule has 1 saturated carbocycles. The molecular weight excluding hydrogens is 272 g/mol. The number of hydrogen-bond acceptors (Lipinski definition) is 2. The predicted molar refractivity (Wildman–Crippen MR) is 89.8 cm³/mol. The van der Waals surface area contributed by atoms with E-state index in [0.29, 0.717) is 11.9 Å². The first-order valence-electron chi connectivity index (χ1n) is 8.57. The Labute approximate surface area is 134 Å². The number of piperazine rings is 1. The summed E-state index contributed by atoms with van der Waals surface area (Å²) < 4.78 is 0. The lowest BCUT2D eigenvalue weighted by Crippen LogP contribution is -2.65. The summed E-state index contributed by atoms with van der Waals surface area (Å²) in [4.78, 5) is 15.7. The van der Waals surface area contributed by atoms with Gasteiger partial charge in [0, 0.05) is 24.7 Å². The molecule has 1 amide bonds. The van der Waals surface area contributed by atoms with Crippen molar-refractivity contribution in [1.82, 2.24) is 10.2 Å². The standard InChI is InChI=1S/C19H28N2O/c1-15-13-21(18(2,3)14-20-15)17(22)19(11-7-8-12-19)16-9-5-4-6-10-16/h4-6,9-10,15,20H,7-8,11-14H2,1-3H3. The molecule has 3 heteroatoms. The van der Waals surface area contributed by atoms with Crippen LogP contribution >= 0.6 is 0 Å². The van der Waals surface area contributed by atoms with E-state index in [0.717, 1.165) is 38.8 Å². The van der Waals surface area contributed by atoms with Crippen molar-refractivity contribution in [2.24, 2.45) is 0 Å². The summed E-state index contributed by atoms with van der Waals surface area (Å²) >= 11 is 0. The van der Waals surface area contributed by atoms with Crippen LogP contribution in [-0.4, -0.2) is 35.5 Å². The molecule has 0 radical (unpaired) electrons. The molecule has 1 aliphatic heterocycles. The van der Waals surface area contributed by atoms with Gasteiger partial charge in [-0.2, -0.15) is 0 Å². The van der Waals surface area contributed by atoms with E-state index >= 15 is 0 Å². The van der Waals surface area contributed by atoms with Gasteiger partial charge in [-0.15, -0.1) is 0 Å². The van der Waals surface area contributed by atoms with Crippen molar-refractivity contribution in [2.45, 2.75) is 63.5 Å². The number of amides is 1. The molecule has 1 atom stereocenters. The van der Waals surface area contributed by atoms with Crippen LogP contribution in [0.25, 0.3) is 0 Å². The van der Waals surface area contributed by atoms with Crippen LogP contribution in [0.3, 0.4) is 0 Å². The predicted octanol–water partition coefficient (Wildman–Crippen LogP) is 3.10. The molecule has 1 aromatic carbocycles. The van der Waals surface area contributed by atoms with Gasteiger partial charge < -0.3 is 10.2 Å². The zero-order valence-electron chi connectivity index (χ0n) is 14.1. The monoisotopic (exact) mass is 300 g/mol. The van der Waals surface area contributed by atoms with E-state index in [9.17, 15) is 4.79 Å². The smallest absolute Gasteiger partial charge is 0.233 e. The van der Waals surface area contributed by atoms with Crippen LogP contribution in [0, 0.1) is 0 Å². The third-order valence-electron chi connectivity index (χ3n) is 5.51. The fourth-order valence-electron chi connectivity index (χ4n) is 4.08. The van der Waals surface area contributed by atoms with Crippen molar-refractivity contribution in [3.63, 3.8) is 0 Å². The maximum atomic E-state index is 13.6. The number of benzene rings is 1. The SMILES string of the molecule is CC1CN(C(=O)C2(c3ccccc3)CCCC2)C(C)(C)CN1. The van der Waals surface area contributed by atoms with E-state index in [1.165, 1.54) is 5.56 Å². The third kappa shape index (κ3) is 2.56. The van der Waals surface area contributed by atoms with E-state index in [1.54, 1.807) is 0 Å². The second-order valence-electron chi connectivity index (χ2n) is 7.67. The van der Waals surface area contributed by atoms with E-state index < -0.39 is 0 Å². The Morgan fingerprint density at radius 2 is 1.82 bits per heavy atom. The molecule has 0 bridgehead atoms. The number of nitrogens with zero attached hydrogens (tertiary/aromatic N) is 1. The fraction of sp³-hybridized carbons (Fsp3) is 0.632. The summed E-state index contributed by atoms with van der Waals surface area (Å²) in [6.07, 6.45) is 4.29. The van der Waals surface area contributed by atoms with Gasteiger partial charge in [-0.3, -0.25) is 4.79 Å². The summed E-state index contributed by atoms with van der Waals surface area (Å²) in [5, 5.41) is 3.51. The molecule has 2 aliphatic rings. The lowest BCUT2D eigenvalue weighted by atomic mass is 9.76. The molecule has 3 nitrogen and oxygen atoms in total. The van der Waals surface area contributed by atoms with E-state index in [-0.39, 0.29) is 11.0 Å². The molecule has 2 fully saturated rings. The molecule has 0 aromatic heterocycles. The molecule has 0 spiro atoms. The van der Waals surface area contributed by atoms with Crippen molar-refractivity contribution in [3.8, 4) is 0 Å². The van der Waals surface area contributed by atoms with Crippen molar-refractivity contribution in [1.29, 1.82) is 0 Å². The minimum atomic E-state index is -0.296. The van der Waals surface area contributed by atoms with Gasteiger partial charge in [0.15, 0.2) is 0 Å². The van der Waals surface area contributed by atoms with Gasteiger partial charge >= 0.3 is 0 Å². The van der Waals surface area contributed by atoms with Crippen LogP contribution in [0.1, 0.15) is 52.0 Å². The van der Waals surface area contributed by atoms with Crippen LogP contribution in [0.4, 0.5) is 0 Å². The van der Waals surface area contributed by atoms with Gasteiger partial charge in [-0.25, -0.2) is 0 Å². The molecule has 22 heavy (non-hydrogen) atoms. The minimum Gasteiger partial charge on any atom is -0.334 e. The van der Waals surface area contributed by atoms with Crippen LogP contribution in [0.5, 0.6) is 0 Å². The van der Waals surface area contributed by atoms with Gasteiger partial charge in [-0.1, -0.05) is 43.2 Å². The third-order valence-corrected chi connectivity index (χ3v) is 5.51. The van der Waals surface area contributed by atoms with Crippen LogP contribution in [0.15, 0.2) is 30.3 Å². The maximum absolute atomic E-state index is 13.6. The molecular formula is C19H28N2O. The topological polar surface area (TPSA) is 32.3 Å². The zero-order chi connectivity index (χ0) is 15.8. The number of nitrogens with one attached hydrogen (secondary N) is 1. The largest absolute Gasteiger partial charge is 0.334 e. The first-order valence-corrected chi connectivity index (χ1v) is 8.57. The molecule has 1 heterocycles. The van der Waals surface area contributed by atoms with Crippen molar-refractivity contribution >= 4 is 5.91 Å². The molecule has 1 unspecified atom stereocenters. The Kier molecular flexibility index (Phi) is 4.02. The van der Waals surface area contributed by atoms with Crippen LogP contribution < -0.4 is 5.32 Å². The summed E-state index contributed by atoms with van der Waals surface area (Å²) in [5.41, 5.74) is 0.795.